The van der Waals surface area contributed by atoms with Crippen molar-refractivity contribution in [1.82, 2.24) is 24.3 Å². The fourth-order valence-corrected chi connectivity index (χ4v) is 6.09. The van der Waals surface area contributed by atoms with E-state index in [-0.39, 0.29) is 17.4 Å². The van der Waals surface area contributed by atoms with Crippen molar-refractivity contribution in [1.29, 1.82) is 0 Å². The Bertz CT molecular complexity index is 1050. The first-order valence-corrected chi connectivity index (χ1v) is 11.4. The first-order valence-electron chi connectivity index (χ1n) is 8.59. The lowest BCUT2D eigenvalue weighted by Crippen LogP contribution is -2.09. The van der Waals surface area contributed by atoms with Crippen LogP contribution in [0, 0.1) is 6.92 Å². The van der Waals surface area contributed by atoms with E-state index in [1.54, 1.807) is 11.8 Å². The summed E-state index contributed by atoms with van der Waals surface area (Å²) < 4.78 is 27.6. The monoisotopic (exact) mass is 391 g/mol. The van der Waals surface area contributed by atoms with E-state index >= 15 is 0 Å². The second-order valence-corrected chi connectivity index (χ2v) is 9.94. The predicted octanol–water partition coefficient (Wildman–Crippen LogP) is 2.17. The van der Waals surface area contributed by atoms with Crippen LogP contribution < -0.4 is 0 Å². The Morgan fingerprint density at radius 1 is 1.27 bits per heavy atom. The van der Waals surface area contributed by atoms with Crippen LogP contribution in [0.4, 0.5) is 0 Å². The summed E-state index contributed by atoms with van der Waals surface area (Å²) in [4.78, 5) is 4.59. The van der Waals surface area contributed by atoms with Crippen LogP contribution in [0.3, 0.4) is 0 Å². The largest absolute Gasteiger partial charge is 0.327 e. The van der Waals surface area contributed by atoms with E-state index in [1.807, 2.05) is 36.7 Å². The summed E-state index contributed by atoms with van der Waals surface area (Å²) in [5.41, 5.74) is 2.15. The van der Waals surface area contributed by atoms with Crippen molar-refractivity contribution in [2.45, 2.75) is 31.0 Å². The number of fused-ring (bicyclic) bond motifs is 1. The van der Waals surface area contributed by atoms with Gasteiger partial charge in [-0.2, -0.15) is 0 Å². The summed E-state index contributed by atoms with van der Waals surface area (Å²) >= 11 is 1.63. The van der Waals surface area contributed by atoms with E-state index in [0.717, 1.165) is 40.1 Å². The molecule has 1 saturated heterocycles. The van der Waals surface area contributed by atoms with E-state index in [9.17, 15) is 8.42 Å². The van der Waals surface area contributed by atoms with Gasteiger partial charge in [-0.25, -0.2) is 13.4 Å². The van der Waals surface area contributed by atoms with E-state index < -0.39 is 9.84 Å². The van der Waals surface area contributed by atoms with Gasteiger partial charge in [0.1, 0.15) is 11.6 Å². The van der Waals surface area contributed by atoms with Gasteiger partial charge < -0.3 is 9.13 Å². The molecule has 7 nitrogen and oxygen atoms in total. The zero-order valence-electron chi connectivity index (χ0n) is 14.8. The number of aryl methyl sites for hydroxylation is 2. The maximum Gasteiger partial charge on any atom is 0.191 e. The average molecular weight is 392 g/mol. The Morgan fingerprint density at radius 2 is 2.08 bits per heavy atom. The minimum atomic E-state index is -2.92. The molecule has 1 atom stereocenters. The summed E-state index contributed by atoms with van der Waals surface area (Å²) in [5, 5.41) is 9.35. The topological polar surface area (TPSA) is 82.7 Å². The van der Waals surface area contributed by atoms with Gasteiger partial charge in [-0.3, -0.25) is 0 Å². The van der Waals surface area contributed by atoms with Gasteiger partial charge in [-0.05, 0) is 25.5 Å². The third-order valence-corrected chi connectivity index (χ3v) is 7.63. The summed E-state index contributed by atoms with van der Waals surface area (Å²) in [6.45, 7) is 2.85. The van der Waals surface area contributed by atoms with Crippen LogP contribution in [0.1, 0.15) is 24.0 Å². The first-order chi connectivity index (χ1) is 12.4. The summed E-state index contributed by atoms with van der Waals surface area (Å²) in [6.07, 6.45) is 0.638. The zero-order chi connectivity index (χ0) is 18.3. The van der Waals surface area contributed by atoms with Crippen molar-refractivity contribution >= 4 is 32.6 Å². The van der Waals surface area contributed by atoms with Crippen LogP contribution in [0.5, 0.6) is 0 Å². The number of thioether (sulfide) groups is 1. The molecule has 0 N–H and O–H groups in total. The van der Waals surface area contributed by atoms with Crippen LogP contribution in [0.25, 0.3) is 11.0 Å². The second kappa shape index (κ2) is 6.70. The molecule has 9 heteroatoms. The zero-order valence-corrected chi connectivity index (χ0v) is 16.4. The van der Waals surface area contributed by atoms with Gasteiger partial charge in [0.05, 0.1) is 22.5 Å². The Labute approximate surface area is 156 Å². The van der Waals surface area contributed by atoms with Gasteiger partial charge in [0.15, 0.2) is 15.0 Å². The van der Waals surface area contributed by atoms with Crippen LogP contribution in [-0.4, -0.2) is 50.0 Å². The van der Waals surface area contributed by atoms with Gasteiger partial charge in [0, 0.05) is 25.3 Å². The standard InChI is InChI=1S/C17H21N5O2S2/c1-12-18-14-5-3-4-6-15(14)22(12)8-9-25-17-20-19-16(21(17)2)13-7-10-26(23,24)11-13/h3-6,13H,7-11H2,1-2H3/t13-/m0/s1. The number of nitrogens with zero attached hydrogens (tertiary/aromatic N) is 5. The van der Waals surface area contributed by atoms with Gasteiger partial charge in [0.2, 0.25) is 0 Å². The van der Waals surface area contributed by atoms with Gasteiger partial charge in [-0.15, -0.1) is 10.2 Å². The van der Waals surface area contributed by atoms with Gasteiger partial charge in [0.25, 0.3) is 0 Å². The van der Waals surface area contributed by atoms with Gasteiger partial charge in [-0.1, -0.05) is 23.9 Å². The molecule has 138 valence electrons. The number of benzene rings is 1. The molecule has 1 aliphatic heterocycles. The molecule has 0 aliphatic carbocycles. The van der Waals surface area contributed by atoms with Crippen molar-refractivity contribution in [3.05, 3.63) is 35.9 Å². The number of sulfone groups is 1. The van der Waals surface area contributed by atoms with Crippen molar-refractivity contribution < 1.29 is 8.42 Å². The molecular weight excluding hydrogens is 370 g/mol. The molecule has 3 heterocycles. The summed E-state index contributed by atoms with van der Waals surface area (Å²) in [7, 11) is -1.00. The van der Waals surface area contributed by atoms with Crippen LogP contribution in [-0.2, 0) is 23.4 Å². The Balaban J connectivity index is 1.45. The lowest BCUT2D eigenvalue weighted by molar-refractivity contribution is 0.599. The number of rotatable bonds is 5. The fraction of sp³-hybridized carbons (Fsp3) is 0.471. The average Bonchev–Trinajstić information content (AvgIpc) is 3.24. The summed E-state index contributed by atoms with van der Waals surface area (Å²) in [6, 6.07) is 8.13. The van der Waals surface area contributed by atoms with Crippen LogP contribution in [0.15, 0.2) is 29.4 Å². The quantitative estimate of drug-likeness (QED) is 0.620. The smallest absolute Gasteiger partial charge is 0.191 e. The molecule has 0 amide bonds. The predicted molar refractivity (Wildman–Crippen MR) is 102 cm³/mol. The van der Waals surface area contributed by atoms with Crippen LogP contribution >= 0.6 is 11.8 Å². The number of hydrogen-bond acceptors (Lipinski definition) is 6. The number of hydrogen-bond donors (Lipinski definition) is 0. The molecule has 1 fully saturated rings. The number of para-hydroxylation sites is 2. The number of imidazole rings is 1. The molecule has 0 unspecified atom stereocenters. The fourth-order valence-electron chi connectivity index (χ4n) is 3.51. The lowest BCUT2D eigenvalue weighted by atomic mass is 10.1. The highest BCUT2D eigenvalue weighted by atomic mass is 32.2. The summed E-state index contributed by atoms with van der Waals surface area (Å²) in [5.74, 6) is 3.02. The molecule has 0 saturated carbocycles. The molecule has 2 aromatic heterocycles. The van der Waals surface area contributed by atoms with E-state index in [1.165, 1.54) is 0 Å². The Morgan fingerprint density at radius 3 is 2.85 bits per heavy atom. The molecule has 0 spiro atoms. The Hall–Kier alpha value is -1.87. The van der Waals surface area contributed by atoms with Gasteiger partial charge >= 0.3 is 0 Å². The molecule has 0 radical (unpaired) electrons. The molecule has 1 aliphatic rings. The maximum absolute atomic E-state index is 11.7. The lowest BCUT2D eigenvalue weighted by Gasteiger charge is -2.09. The van der Waals surface area contributed by atoms with E-state index in [0.29, 0.717) is 6.42 Å². The van der Waals surface area contributed by atoms with E-state index in [2.05, 4.69) is 25.8 Å². The second-order valence-electron chi connectivity index (χ2n) is 6.65. The van der Waals surface area contributed by atoms with Crippen molar-refractivity contribution in [3.8, 4) is 0 Å². The minimum absolute atomic E-state index is 0.0355. The Kier molecular flexibility index (Phi) is 4.52. The molecule has 0 bridgehead atoms. The highest BCUT2D eigenvalue weighted by molar-refractivity contribution is 7.99. The molecule has 26 heavy (non-hydrogen) atoms. The number of aromatic nitrogens is 5. The normalized spacial score (nSPS) is 19.4. The van der Waals surface area contributed by atoms with Crippen molar-refractivity contribution in [2.75, 3.05) is 17.3 Å². The SMILES string of the molecule is Cc1nc2ccccc2n1CCSc1nnc([C@H]2CCS(=O)(=O)C2)n1C. The minimum Gasteiger partial charge on any atom is -0.327 e. The highest BCUT2D eigenvalue weighted by Crippen LogP contribution is 2.29. The molecule has 1 aromatic carbocycles. The first kappa shape index (κ1) is 17.5. The van der Waals surface area contributed by atoms with Crippen molar-refractivity contribution in [2.24, 2.45) is 7.05 Å². The molecular formula is C17H21N5O2S2. The maximum atomic E-state index is 11.7. The third kappa shape index (κ3) is 3.25. The van der Waals surface area contributed by atoms with E-state index in [4.69, 9.17) is 0 Å². The van der Waals surface area contributed by atoms with Crippen molar-refractivity contribution in [3.63, 3.8) is 0 Å². The molecule has 4 rings (SSSR count). The van der Waals surface area contributed by atoms with Crippen LogP contribution in [0.2, 0.25) is 0 Å². The molecule has 3 aromatic rings. The third-order valence-electron chi connectivity index (χ3n) is 4.86. The highest BCUT2D eigenvalue weighted by Gasteiger charge is 2.32.